The van der Waals surface area contributed by atoms with Gasteiger partial charge in [0.15, 0.2) is 11.5 Å². The Balaban J connectivity index is 2.72. The van der Waals surface area contributed by atoms with Crippen LogP contribution in [0.25, 0.3) is 11.3 Å². The van der Waals surface area contributed by atoms with Gasteiger partial charge in [0, 0.05) is 24.7 Å². The van der Waals surface area contributed by atoms with Crippen molar-refractivity contribution in [2.75, 3.05) is 14.2 Å². The van der Waals surface area contributed by atoms with Crippen LogP contribution in [0.4, 0.5) is 0 Å². The maximum Gasteiger partial charge on any atom is 0.331 e. The van der Waals surface area contributed by atoms with E-state index >= 15 is 0 Å². The first-order valence-electron chi connectivity index (χ1n) is 7.14. The fourth-order valence-electron chi connectivity index (χ4n) is 2.45. The summed E-state index contributed by atoms with van der Waals surface area (Å²) in [7, 11) is 3.10. The molecule has 1 aromatic carbocycles. The summed E-state index contributed by atoms with van der Waals surface area (Å²) in [6.07, 6.45) is 0. The molecule has 22 heavy (non-hydrogen) atoms. The number of hydrogen-bond donors (Lipinski definition) is 0. The maximum atomic E-state index is 12.4. The van der Waals surface area contributed by atoms with Gasteiger partial charge in [-0.15, -0.1) is 0 Å². The molecule has 0 unspecified atom stereocenters. The number of rotatable bonds is 5. The second-order valence-corrected chi connectivity index (χ2v) is 4.71. The summed E-state index contributed by atoms with van der Waals surface area (Å²) in [5, 5.41) is 0. The maximum absolute atomic E-state index is 12.4. The van der Waals surface area contributed by atoms with E-state index in [0.717, 1.165) is 5.56 Å². The molecule has 0 aliphatic heterocycles. The summed E-state index contributed by atoms with van der Waals surface area (Å²) in [4.78, 5) is 24.5. The van der Waals surface area contributed by atoms with Crippen molar-refractivity contribution >= 4 is 0 Å². The lowest BCUT2D eigenvalue weighted by Gasteiger charge is -2.15. The lowest BCUT2D eigenvalue weighted by atomic mass is 10.1. The van der Waals surface area contributed by atoms with E-state index in [4.69, 9.17) is 9.47 Å². The standard InChI is InChI=1S/C16H20N2O4/c1-5-17-12(10-15(19)18(6-2)16(17)20)11-7-8-13(21-3)14(9-11)22-4/h7-10H,5-6H2,1-4H3. The normalized spacial score (nSPS) is 10.5. The fraction of sp³-hybridized carbons (Fsp3) is 0.375. The molecule has 2 aromatic rings. The topological polar surface area (TPSA) is 62.5 Å². The minimum atomic E-state index is -0.304. The van der Waals surface area contributed by atoms with Crippen LogP contribution in [-0.4, -0.2) is 23.4 Å². The van der Waals surface area contributed by atoms with Gasteiger partial charge in [0.05, 0.1) is 19.9 Å². The highest BCUT2D eigenvalue weighted by Gasteiger charge is 2.13. The molecule has 0 N–H and O–H groups in total. The predicted molar refractivity (Wildman–Crippen MR) is 84.9 cm³/mol. The summed E-state index contributed by atoms with van der Waals surface area (Å²) >= 11 is 0. The van der Waals surface area contributed by atoms with Crippen LogP contribution in [0.2, 0.25) is 0 Å². The number of methoxy groups -OCH3 is 2. The smallest absolute Gasteiger partial charge is 0.331 e. The van der Waals surface area contributed by atoms with Crippen LogP contribution in [0.3, 0.4) is 0 Å². The molecule has 0 aliphatic carbocycles. The van der Waals surface area contributed by atoms with E-state index in [0.29, 0.717) is 30.3 Å². The number of nitrogens with zero attached hydrogens (tertiary/aromatic N) is 2. The largest absolute Gasteiger partial charge is 0.493 e. The highest BCUT2D eigenvalue weighted by molar-refractivity contribution is 5.64. The monoisotopic (exact) mass is 304 g/mol. The fourth-order valence-corrected chi connectivity index (χ4v) is 2.45. The van der Waals surface area contributed by atoms with Crippen molar-refractivity contribution in [2.24, 2.45) is 0 Å². The molecule has 1 aromatic heterocycles. The van der Waals surface area contributed by atoms with E-state index in [2.05, 4.69) is 0 Å². The number of hydrogen-bond acceptors (Lipinski definition) is 4. The van der Waals surface area contributed by atoms with Crippen molar-refractivity contribution in [3.05, 3.63) is 45.1 Å². The molecule has 0 bridgehead atoms. The van der Waals surface area contributed by atoms with Gasteiger partial charge in [0.2, 0.25) is 0 Å². The van der Waals surface area contributed by atoms with Crippen LogP contribution in [-0.2, 0) is 13.1 Å². The Morgan fingerprint density at radius 3 is 2.09 bits per heavy atom. The molecule has 0 spiro atoms. The third-order valence-corrected chi connectivity index (χ3v) is 3.59. The molecule has 0 saturated carbocycles. The van der Waals surface area contributed by atoms with Gasteiger partial charge in [-0.2, -0.15) is 0 Å². The molecule has 0 amide bonds. The van der Waals surface area contributed by atoms with Crippen LogP contribution in [0.15, 0.2) is 33.9 Å². The van der Waals surface area contributed by atoms with E-state index in [1.165, 1.54) is 10.6 Å². The van der Waals surface area contributed by atoms with Crippen molar-refractivity contribution in [1.82, 2.24) is 9.13 Å². The number of ether oxygens (including phenoxy) is 2. The molecular weight excluding hydrogens is 284 g/mol. The number of benzene rings is 1. The zero-order valence-corrected chi connectivity index (χ0v) is 13.3. The van der Waals surface area contributed by atoms with Gasteiger partial charge in [0.1, 0.15) is 0 Å². The molecular formula is C16H20N2O4. The summed E-state index contributed by atoms with van der Waals surface area (Å²) < 4.78 is 13.3. The first-order chi connectivity index (χ1) is 10.6. The molecule has 0 atom stereocenters. The number of aromatic nitrogens is 2. The highest BCUT2D eigenvalue weighted by atomic mass is 16.5. The van der Waals surface area contributed by atoms with Gasteiger partial charge >= 0.3 is 5.69 Å². The molecule has 2 rings (SSSR count). The van der Waals surface area contributed by atoms with Gasteiger partial charge in [-0.3, -0.25) is 13.9 Å². The summed E-state index contributed by atoms with van der Waals surface area (Å²) in [6.45, 7) is 4.47. The highest BCUT2D eigenvalue weighted by Crippen LogP contribution is 2.31. The van der Waals surface area contributed by atoms with Crippen molar-refractivity contribution < 1.29 is 9.47 Å². The molecule has 0 saturated heterocycles. The van der Waals surface area contributed by atoms with Gasteiger partial charge in [-0.1, -0.05) is 0 Å². The van der Waals surface area contributed by atoms with Gasteiger partial charge in [-0.05, 0) is 32.0 Å². The zero-order chi connectivity index (χ0) is 16.3. The Morgan fingerprint density at radius 2 is 1.55 bits per heavy atom. The van der Waals surface area contributed by atoms with Crippen molar-refractivity contribution in [3.8, 4) is 22.8 Å². The first-order valence-corrected chi connectivity index (χ1v) is 7.14. The van der Waals surface area contributed by atoms with Crippen molar-refractivity contribution in [2.45, 2.75) is 26.9 Å². The molecule has 0 radical (unpaired) electrons. The molecule has 0 fully saturated rings. The molecule has 6 nitrogen and oxygen atoms in total. The van der Waals surface area contributed by atoms with Gasteiger partial charge in [-0.25, -0.2) is 4.79 Å². The van der Waals surface area contributed by atoms with Crippen LogP contribution in [0, 0.1) is 0 Å². The average molecular weight is 304 g/mol. The zero-order valence-electron chi connectivity index (χ0n) is 13.3. The Morgan fingerprint density at radius 1 is 0.909 bits per heavy atom. The van der Waals surface area contributed by atoms with E-state index in [-0.39, 0.29) is 11.2 Å². The van der Waals surface area contributed by atoms with E-state index in [1.807, 2.05) is 6.92 Å². The molecule has 118 valence electrons. The van der Waals surface area contributed by atoms with Crippen molar-refractivity contribution in [3.63, 3.8) is 0 Å². The predicted octanol–water partition coefficient (Wildman–Crippen LogP) is 1.73. The Labute approximate surface area is 128 Å². The first kappa shape index (κ1) is 15.9. The summed E-state index contributed by atoms with van der Waals surface area (Å²) in [6, 6.07) is 6.80. The second-order valence-electron chi connectivity index (χ2n) is 4.71. The summed E-state index contributed by atoms with van der Waals surface area (Å²) in [5.74, 6) is 1.15. The van der Waals surface area contributed by atoms with Crippen LogP contribution in [0.5, 0.6) is 11.5 Å². The van der Waals surface area contributed by atoms with E-state index in [9.17, 15) is 9.59 Å². The van der Waals surface area contributed by atoms with E-state index in [1.54, 1.807) is 43.9 Å². The molecule has 0 aliphatic rings. The minimum absolute atomic E-state index is 0.303. The van der Waals surface area contributed by atoms with Gasteiger partial charge in [0.25, 0.3) is 5.56 Å². The quantitative estimate of drug-likeness (QED) is 0.844. The van der Waals surface area contributed by atoms with Crippen LogP contribution >= 0.6 is 0 Å². The van der Waals surface area contributed by atoms with Crippen LogP contribution in [0.1, 0.15) is 13.8 Å². The average Bonchev–Trinajstić information content (AvgIpc) is 2.54. The second kappa shape index (κ2) is 6.51. The minimum Gasteiger partial charge on any atom is -0.493 e. The third-order valence-electron chi connectivity index (χ3n) is 3.59. The third kappa shape index (κ3) is 2.64. The van der Waals surface area contributed by atoms with E-state index < -0.39 is 0 Å². The lowest BCUT2D eigenvalue weighted by molar-refractivity contribution is 0.355. The SMILES string of the molecule is CCn1c(-c2ccc(OC)c(OC)c2)cc(=O)n(CC)c1=O. The Kier molecular flexibility index (Phi) is 4.70. The Hall–Kier alpha value is -2.50. The van der Waals surface area contributed by atoms with Crippen LogP contribution < -0.4 is 20.7 Å². The Bertz CT molecular complexity index is 790. The van der Waals surface area contributed by atoms with Crippen molar-refractivity contribution in [1.29, 1.82) is 0 Å². The molecule has 1 heterocycles. The lowest BCUT2D eigenvalue weighted by Crippen LogP contribution is -2.39. The summed E-state index contributed by atoms with van der Waals surface area (Å²) in [5.41, 5.74) is 0.698. The van der Waals surface area contributed by atoms with Gasteiger partial charge < -0.3 is 9.47 Å². The molecule has 6 heteroatoms.